The second-order valence-electron chi connectivity index (χ2n) is 3.24. The lowest BCUT2D eigenvalue weighted by Crippen LogP contribution is -2.42. The molecule has 0 atom stereocenters. The normalized spacial score (nSPS) is 11.3. The van der Waals surface area contributed by atoms with Crippen LogP contribution in [0.3, 0.4) is 0 Å². The van der Waals surface area contributed by atoms with E-state index in [0.29, 0.717) is 0 Å². The fourth-order valence-corrected chi connectivity index (χ4v) is 0.911. The van der Waals surface area contributed by atoms with Crippen LogP contribution in [-0.4, -0.2) is 22.5 Å². The summed E-state index contributed by atoms with van der Waals surface area (Å²) in [4.78, 5) is 3.11. The molecule has 2 heteroatoms. The predicted octanol–water partition coefficient (Wildman–Crippen LogP) is 2.45. The van der Waals surface area contributed by atoms with E-state index in [1.807, 2.05) is 14.0 Å². The molecule has 0 bridgehead atoms. The summed E-state index contributed by atoms with van der Waals surface area (Å²) in [5.41, 5.74) is 0.214. The van der Waals surface area contributed by atoms with Gasteiger partial charge in [-0.25, -0.2) is 0 Å². The van der Waals surface area contributed by atoms with Crippen molar-refractivity contribution in [2.75, 3.05) is 7.05 Å². The molecule has 0 aliphatic carbocycles. The van der Waals surface area contributed by atoms with Crippen LogP contribution in [0.2, 0.25) is 0 Å². The van der Waals surface area contributed by atoms with Crippen molar-refractivity contribution in [3.05, 3.63) is 0 Å². The van der Waals surface area contributed by atoms with Gasteiger partial charge in [0.2, 0.25) is 0 Å². The lowest BCUT2D eigenvalue weighted by Gasteiger charge is -2.35. The Balaban J connectivity index is 4.17. The Morgan fingerprint density at radius 2 is 1.90 bits per heavy atom. The highest BCUT2D eigenvalue weighted by molar-refractivity contribution is 7.80. The molecular formula is C8H17NS. The van der Waals surface area contributed by atoms with Crippen LogP contribution in [0.5, 0.6) is 0 Å². The Kier molecular flexibility index (Phi) is 3.29. The molecule has 10 heavy (non-hydrogen) atoms. The van der Waals surface area contributed by atoms with Gasteiger partial charge in [0, 0.05) is 12.6 Å². The van der Waals surface area contributed by atoms with Crippen LogP contribution in [0, 0.1) is 0 Å². The third-order valence-corrected chi connectivity index (χ3v) is 2.52. The molecule has 0 rings (SSSR count). The van der Waals surface area contributed by atoms with Gasteiger partial charge in [0.15, 0.2) is 0 Å². The van der Waals surface area contributed by atoms with Gasteiger partial charge in [-0.2, -0.15) is 0 Å². The van der Waals surface area contributed by atoms with E-state index in [1.165, 1.54) is 0 Å². The number of hydrogen-bond donors (Lipinski definition) is 0. The highest BCUT2D eigenvalue weighted by Gasteiger charge is 2.20. The number of hydrogen-bond acceptors (Lipinski definition) is 1. The van der Waals surface area contributed by atoms with Crippen molar-refractivity contribution >= 4 is 17.2 Å². The molecule has 0 amide bonds. The van der Waals surface area contributed by atoms with E-state index in [0.717, 1.165) is 11.4 Å². The molecule has 0 aromatic rings. The van der Waals surface area contributed by atoms with Gasteiger partial charge in [0.1, 0.15) is 0 Å². The van der Waals surface area contributed by atoms with E-state index in [9.17, 15) is 0 Å². The van der Waals surface area contributed by atoms with Crippen LogP contribution in [0.15, 0.2) is 0 Å². The third-order valence-electron chi connectivity index (χ3n) is 2.25. The van der Waals surface area contributed by atoms with Gasteiger partial charge in [-0.15, -0.1) is 0 Å². The average Bonchev–Trinajstić information content (AvgIpc) is 1.86. The van der Waals surface area contributed by atoms with Crippen molar-refractivity contribution in [3.8, 4) is 0 Å². The van der Waals surface area contributed by atoms with Crippen LogP contribution in [0.4, 0.5) is 0 Å². The Hall–Kier alpha value is -0.110. The summed E-state index contributed by atoms with van der Waals surface area (Å²) in [7, 11) is 2.05. The minimum absolute atomic E-state index is 0.214. The summed E-state index contributed by atoms with van der Waals surface area (Å²) >= 11 is 5.06. The summed E-state index contributed by atoms with van der Waals surface area (Å²) in [6.45, 7) is 8.53. The van der Waals surface area contributed by atoms with E-state index in [-0.39, 0.29) is 5.54 Å². The molecule has 60 valence electrons. The van der Waals surface area contributed by atoms with Crippen LogP contribution in [0.25, 0.3) is 0 Å². The maximum absolute atomic E-state index is 5.06. The minimum Gasteiger partial charge on any atom is -0.364 e. The highest BCUT2D eigenvalue weighted by Crippen LogP contribution is 2.16. The Morgan fingerprint density at radius 3 is 2.00 bits per heavy atom. The molecule has 0 heterocycles. The van der Waals surface area contributed by atoms with E-state index in [1.54, 1.807) is 0 Å². The minimum atomic E-state index is 0.214. The van der Waals surface area contributed by atoms with Crippen molar-refractivity contribution < 1.29 is 0 Å². The van der Waals surface area contributed by atoms with E-state index in [2.05, 4.69) is 25.7 Å². The third kappa shape index (κ3) is 2.25. The number of rotatable bonds is 2. The van der Waals surface area contributed by atoms with Crippen molar-refractivity contribution in [1.82, 2.24) is 4.90 Å². The van der Waals surface area contributed by atoms with Gasteiger partial charge in [-0.3, -0.25) is 0 Å². The molecule has 0 N–H and O–H groups in total. The number of nitrogens with zero attached hydrogens (tertiary/aromatic N) is 1. The van der Waals surface area contributed by atoms with Crippen molar-refractivity contribution in [2.45, 2.75) is 39.7 Å². The molecule has 0 fully saturated rings. The van der Waals surface area contributed by atoms with E-state index < -0.39 is 0 Å². The van der Waals surface area contributed by atoms with Crippen molar-refractivity contribution in [2.24, 2.45) is 0 Å². The predicted molar refractivity (Wildman–Crippen MR) is 50.4 cm³/mol. The molecule has 0 aliphatic heterocycles. The molecular weight excluding hydrogens is 142 g/mol. The first-order chi connectivity index (χ1) is 4.41. The summed E-state index contributed by atoms with van der Waals surface area (Å²) in [5.74, 6) is 0. The highest BCUT2D eigenvalue weighted by atomic mass is 32.1. The maximum Gasteiger partial charge on any atom is 0.0749 e. The molecule has 0 aromatic heterocycles. The second kappa shape index (κ2) is 3.33. The first kappa shape index (κ1) is 9.89. The first-order valence-electron chi connectivity index (χ1n) is 3.66. The van der Waals surface area contributed by atoms with Gasteiger partial charge in [0.25, 0.3) is 0 Å². The molecule has 0 saturated heterocycles. The fraction of sp³-hybridized carbons (Fsp3) is 0.875. The lowest BCUT2D eigenvalue weighted by molar-refractivity contribution is 0.249. The fourth-order valence-electron chi connectivity index (χ4n) is 0.663. The summed E-state index contributed by atoms with van der Waals surface area (Å²) in [6, 6.07) is 0. The quantitative estimate of drug-likeness (QED) is 0.569. The first-order valence-corrected chi connectivity index (χ1v) is 4.07. The summed E-state index contributed by atoms with van der Waals surface area (Å²) in [6.07, 6.45) is 1.12. The van der Waals surface area contributed by atoms with E-state index in [4.69, 9.17) is 12.2 Å². The van der Waals surface area contributed by atoms with E-state index >= 15 is 0 Å². The lowest BCUT2D eigenvalue weighted by atomic mass is 10.0. The number of thiocarbonyl (C=S) groups is 1. The Bertz CT molecular complexity index is 129. The SMILES string of the molecule is CCC(C)(C)N(C)C(C)=S. The molecule has 0 aliphatic rings. The van der Waals surface area contributed by atoms with Gasteiger partial charge < -0.3 is 4.90 Å². The zero-order valence-corrected chi connectivity index (χ0v) is 8.38. The zero-order valence-electron chi connectivity index (χ0n) is 7.56. The second-order valence-corrected chi connectivity index (χ2v) is 3.83. The van der Waals surface area contributed by atoms with Gasteiger partial charge in [0.05, 0.1) is 4.99 Å². The zero-order chi connectivity index (χ0) is 8.36. The van der Waals surface area contributed by atoms with Crippen molar-refractivity contribution in [1.29, 1.82) is 0 Å². The molecule has 0 spiro atoms. The standard InChI is InChI=1S/C8H17NS/c1-6-8(3,4)9(5)7(2)10/h6H2,1-5H3. The van der Waals surface area contributed by atoms with Gasteiger partial charge in [-0.05, 0) is 27.2 Å². The topological polar surface area (TPSA) is 3.24 Å². The molecule has 1 nitrogen and oxygen atoms in total. The van der Waals surface area contributed by atoms with Gasteiger partial charge in [-0.1, -0.05) is 19.1 Å². The maximum atomic E-state index is 5.06. The smallest absolute Gasteiger partial charge is 0.0749 e. The summed E-state index contributed by atoms with van der Waals surface area (Å²) in [5, 5.41) is 0. The molecule has 0 radical (unpaired) electrons. The Morgan fingerprint density at radius 1 is 1.50 bits per heavy atom. The summed E-state index contributed by atoms with van der Waals surface area (Å²) < 4.78 is 0. The molecule has 0 saturated carbocycles. The van der Waals surface area contributed by atoms with Gasteiger partial charge >= 0.3 is 0 Å². The van der Waals surface area contributed by atoms with Crippen LogP contribution >= 0.6 is 12.2 Å². The van der Waals surface area contributed by atoms with Crippen LogP contribution in [0.1, 0.15) is 34.1 Å². The monoisotopic (exact) mass is 159 g/mol. The van der Waals surface area contributed by atoms with Crippen molar-refractivity contribution in [3.63, 3.8) is 0 Å². The van der Waals surface area contributed by atoms with Crippen LogP contribution in [-0.2, 0) is 0 Å². The largest absolute Gasteiger partial charge is 0.364 e. The molecule has 0 aromatic carbocycles. The molecule has 0 unspecified atom stereocenters. The Labute approximate surface area is 69.4 Å². The average molecular weight is 159 g/mol. The van der Waals surface area contributed by atoms with Crippen LogP contribution < -0.4 is 0 Å².